The van der Waals surface area contributed by atoms with E-state index in [1.165, 1.54) is 31.4 Å². The number of carbonyl (C=O) groups is 1. The van der Waals surface area contributed by atoms with Gasteiger partial charge in [0.15, 0.2) is 11.5 Å². The number of ether oxygens (including phenoxy) is 2. The first kappa shape index (κ1) is 19.3. The summed E-state index contributed by atoms with van der Waals surface area (Å²) in [6.45, 7) is 1.72. The summed E-state index contributed by atoms with van der Waals surface area (Å²) in [5.41, 5.74) is 5.46. The van der Waals surface area contributed by atoms with Crippen LogP contribution in [0.1, 0.15) is 18.5 Å². The average molecular weight is 409 g/mol. The van der Waals surface area contributed by atoms with E-state index in [2.05, 4.69) is 0 Å². The van der Waals surface area contributed by atoms with E-state index in [9.17, 15) is 19.5 Å². The van der Waals surface area contributed by atoms with Crippen LogP contribution in [0, 0.1) is 0 Å². The van der Waals surface area contributed by atoms with Crippen molar-refractivity contribution in [2.75, 3.05) is 13.7 Å². The van der Waals surface area contributed by atoms with Crippen LogP contribution in [0.5, 0.6) is 11.5 Å². The monoisotopic (exact) mass is 409 g/mol. The fourth-order valence-electron chi connectivity index (χ4n) is 3.73. The van der Waals surface area contributed by atoms with Gasteiger partial charge >= 0.3 is 5.97 Å². The fraction of sp³-hybridized carbons (Fsp3) is 0.190. The number of hydrogen-bond donors (Lipinski definition) is 2. The highest BCUT2D eigenvalue weighted by atomic mass is 16.5. The standard InChI is InChI=1S/C21H19N3O6/c1-3-30-21(28)16-17(11-8-9-15(29-2)14(25)10-11)23-19(26)12-6-4-5-7-13(12)20(27)24(23)18(16)22/h4-10,17,25H,3,22H2,1-2H3. The molecule has 3 aromatic rings. The number of carbonyl (C=O) groups excluding carboxylic acids is 1. The number of methoxy groups -OCH3 is 1. The average Bonchev–Trinajstić information content (AvgIpc) is 3.05. The van der Waals surface area contributed by atoms with Gasteiger partial charge in [-0.25, -0.2) is 9.48 Å². The lowest BCUT2D eigenvalue weighted by Crippen LogP contribution is -2.38. The molecule has 1 unspecified atom stereocenters. The zero-order valence-corrected chi connectivity index (χ0v) is 16.3. The molecule has 9 nitrogen and oxygen atoms in total. The predicted octanol–water partition coefficient (Wildman–Crippen LogP) is 1.17. The minimum absolute atomic E-state index is 0.0593. The summed E-state index contributed by atoms with van der Waals surface area (Å²) in [4.78, 5) is 39.2. The molecule has 30 heavy (non-hydrogen) atoms. The molecule has 1 atom stereocenters. The van der Waals surface area contributed by atoms with Crippen LogP contribution in [-0.2, 0) is 9.53 Å². The van der Waals surface area contributed by atoms with E-state index in [1.807, 2.05) is 0 Å². The second-order valence-electron chi connectivity index (χ2n) is 6.67. The van der Waals surface area contributed by atoms with E-state index in [1.54, 1.807) is 25.1 Å². The van der Waals surface area contributed by atoms with Crippen molar-refractivity contribution in [3.8, 4) is 11.5 Å². The van der Waals surface area contributed by atoms with E-state index in [0.29, 0.717) is 5.56 Å². The lowest BCUT2D eigenvalue weighted by Gasteiger charge is -2.19. The Morgan fingerprint density at radius 3 is 2.40 bits per heavy atom. The molecule has 9 heteroatoms. The molecule has 0 bridgehead atoms. The minimum atomic E-state index is -1.06. The number of hydrogen-bond acceptors (Lipinski definition) is 7. The maximum absolute atomic E-state index is 13.3. The van der Waals surface area contributed by atoms with Crippen molar-refractivity contribution in [1.29, 1.82) is 0 Å². The Bertz CT molecular complexity index is 1330. The van der Waals surface area contributed by atoms with Crippen LogP contribution in [-0.4, -0.2) is 34.2 Å². The summed E-state index contributed by atoms with van der Waals surface area (Å²) in [7, 11) is 1.40. The number of aromatic hydroxyl groups is 1. The van der Waals surface area contributed by atoms with E-state index in [4.69, 9.17) is 15.2 Å². The van der Waals surface area contributed by atoms with E-state index < -0.39 is 23.1 Å². The van der Waals surface area contributed by atoms with Crippen LogP contribution >= 0.6 is 0 Å². The van der Waals surface area contributed by atoms with Gasteiger partial charge in [0, 0.05) is 0 Å². The number of aromatic nitrogens is 2. The van der Waals surface area contributed by atoms with Crippen molar-refractivity contribution in [3.05, 3.63) is 74.3 Å². The van der Waals surface area contributed by atoms with Gasteiger partial charge in [0.25, 0.3) is 11.1 Å². The zero-order valence-electron chi connectivity index (χ0n) is 16.3. The number of nitrogens with zero attached hydrogens (tertiary/aromatic N) is 2. The number of benzene rings is 2. The maximum Gasteiger partial charge on any atom is 0.340 e. The lowest BCUT2D eigenvalue weighted by molar-refractivity contribution is -0.138. The Labute approximate surface area is 170 Å². The van der Waals surface area contributed by atoms with Crippen LogP contribution in [0.3, 0.4) is 0 Å². The number of phenols is 1. The Hall–Kier alpha value is -4.01. The molecule has 2 aromatic carbocycles. The summed E-state index contributed by atoms with van der Waals surface area (Å²) in [6, 6.07) is 9.72. The highest BCUT2D eigenvalue weighted by Gasteiger charge is 2.39. The van der Waals surface area contributed by atoms with Crippen molar-refractivity contribution < 1.29 is 19.4 Å². The lowest BCUT2D eigenvalue weighted by atomic mass is 9.99. The highest BCUT2D eigenvalue weighted by Crippen LogP contribution is 2.37. The van der Waals surface area contributed by atoms with E-state index in [0.717, 1.165) is 9.36 Å². The van der Waals surface area contributed by atoms with Gasteiger partial charge < -0.3 is 20.3 Å². The van der Waals surface area contributed by atoms with Gasteiger partial charge in [0.05, 0.1) is 24.5 Å². The first-order valence-electron chi connectivity index (χ1n) is 9.21. The van der Waals surface area contributed by atoms with Crippen LogP contribution in [0.25, 0.3) is 16.6 Å². The van der Waals surface area contributed by atoms with Crippen LogP contribution in [0.4, 0.5) is 0 Å². The normalized spacial score (nSPS) is 15.3. The number of nitrogens with two attached hydrogens (primary N) is 1. The molecule has 0 aliphatic carbocycles. The van der Waals surface area contributed by atoms with Gasteiger partial charge in [0.2, 0.25) is 0 Å². The number of rotatable bonds is 4. The highest BCUT2D eigenvalue weighted by molar-refractivity contribution is 5.97. The Morgan fingerprint density at radius 1 is 1.13 bits per heavy atom. The molecule has 0 saturated carbocycles. The molecular weight excluding hydrogens is 390 g/mol. The Kier molecular flexibility index (Phi) is 4.57. The van der Waals surface area contributed by atoms with Gasteiger partial charge in [-0.1, -0.05) is 18.2 Å². The summed E-state index contributed by atoms with van der Waals surface area (Å²) < 4.78 is 12.3. The number of esters is 1. The maximum atomic E-state index is 13.3. The van der Waals surface area contributed by atoms with Crippen molar-refractivity contribution in [2.24, 2.45) is 5.73 Å². The van der Waals surface area contributed by atoms with Crippen LogP contribution in [0.15, 0.2) is 57.6 Å². The van der Waals surface area contributed by atoms with E-state index >= 15 is 0 Å². The SMILES string of the molecule is CCOC(=O)C1=C(N)n2c(=O)c3ccccc3c(=O)n2C1c1ccc(OC)c(O)c1. The molecule has 0 saturated heterocycles. The molecule has 154 valence electrons. The van der Waals surface area contributed by atoms with Crippen molar-refractivity contribution in [3.63, 3.8) is 0 Å². The molecule has 2 heterocycles. The second kappa shape index (κ2) is 7.11. The quantitative estimate of drug-likeness (QED) is 0.620. The molecule has 1 aliphatic rings. The predicted molar refractivity (Wildman–Crippen MR) is 109 cm³/mol. The van der Waals surface area contributed by atoms with Gasteiger partial charge in [-0.3, -0.25) is 9.59 Å². The van der Waals surface area contributed by atoms with Crippen molar-refractivity contribution in [1.82, 2.24) is 9.36 Å². The third-order valence-corrected chi connectivity index (χ3v) is 5.04. The smallest absolute Gasteiger partial charge is 0.340 e. The summed E-state index contributed by atoms with van der Waals surface area (Å²) in [6.07, 6.45) is 0. The Morgan fingerprint density at radius 2 is 1.80 bits per heavy atom. The molecule has 4 rings (SSSR count). The van der Waals surface area contributed by atoms with Gasteiger partial charge in [-0.15, -0.1) is 0 Å². The number of fused-ring (bicyclic) bond motifs is 2. The van der Waals surface area contributed by atoms with Crippen LogP contribution in [0.2, 0.25) is 0 Å². The van der Waals surface area contributed by atoms with Crippen molar-refractivity contribution in [2.45, 2.75) is 13.0 Å². The molecule has 0 spiro atoms. The molecule has 0 fully saturated rings. The largest absolute Gasteiger partial charge is 0.504 e. The molecule has 1 aromatic heterocycles. The van der Waals surface area contributed by atoms with E-state index in [-0.39, 0.29) is 40.3 Å². The topological polar surface area (TPSA) is 126 Å². The molecule has 0 amide bonds. The Balaban J connectivity index is 2.09. The first-order chi connectivity index (χ1) is 14.4. The van der Waals surface area contributed by atoms with Gasteiger partial charge in [-0.05, 0) is 36.8 Å². The third-order valence-electron chi connectivity index (χ3n) is 5.04. The van der Waals surface area contributed by atoms with Gasteiger partial charge in [0.1, 0.15) is 17.4 Å². The van der Waals surface area contributed by atoms with Crippen LogP contribution < -0.4 is 21.6 Å². The molecular formula is C21H19N3O6. The second-order valence-corrected chi connectivity index (χ2v) is 6.67. The first-order valence-corrected chi connectivity index (χ1v) is 9.21. The number of phenolic OH excluding ortho intramolecular Hbond substituents is 1. The fourth-order valence-corrected chi connectivity index (χ4v) is 3.73. The van der Waals surface area contributed by atoms with Crippen molar-refractivity contribution >= 4 is 22.6 Å². The molecule has 1 aliphatic heterocycles. The molecule has 3 N–H and O–H groups in total. The minimum Gasteiger partial charge on any atom is -0.504 e. The summed E-state index contributed by atoms with van der Waals surface area (Å²) in [5.74, 6) is -0.919. The summed E-state index contributed by atoms with van der Waals surface area (Å²) in [5, 5.41) is 10.6. The summed E-state index contributed by atoms with van der Waals surface area (Å²) >= 11 is 0. The van der Waals surface area contributed by atoms with Gasteiger partial charge in [-0.2, -0.15) is 4.68 Å². The zero-order chi connectivity index (χ0) is 21.6. The molecule has 0 radical (unpaired) electrons. The third kappa shape index (κ3) is 2.66.